The lowest BCUT2D eigenvalue weighted by Gasteiger charge is -2.46. The van der Waals surface area contributed by atoms with Crippen molar-refractivity contribution < 1.29 is 29.0 Å². The van der Waals surface area contributed by atoms with E-state index in [9.17, 15) is 19.5 Å². The van der Waals surface area contributed by atoms with E-state index in [1.807, 2.05) is 44.2 Å². The van der Waals surface area contributed by atoms with E-state index >= 15 is 0 Å². The van der Waals surface area contributed by atoms with Crippen LogP contribution in [-0.4, -0.2) is 75.7 Å². The number of carbonyl (C=O) groups is 3. The zero-order valence-electron chi connectivity index (χ0n) is 24.2. The number of fused-ring (bicyclic) bond motifs is 1. The Morgan fingerprint density at radius 1 is 1.26 bits per heavy atom. The van der Waals surface area contributed by atoms with Gasteiger partial charge in [-0.2, -0.15) is 0 Å². The summed E-state index contributed by atoms with van der Waals surface area (Å²) in [6.07, 6.45) is 2.98. The number of amides is 2. The van der Waals surface area contributed by atoms with E-state index in [1.165, 1.54) is 4.90 Å². The molecule has 2 amide bonds. The zero-order chi connectivity index (χ0) is 28.8. The topological polar surface area (TPSA) is 96.4 Å². The van der Waals surface area contributed by atoms with E-state index in [2.05, 4.69) is 27.4 Å². The monoisotopic (exact) mass is 540 g/mol. The standard InChI is InChI=1S/C31H44N2O6/c1-8-17-32(30(6,7)19-29(3,4)5)27(36)25-31-16-15-22(39-31)23(28(37)38-9-2)24(31)26(35)33(25)21(18-34)20-13-11-10-12-14-20/h8,10-14,21-25,34H,1,9,15-19H2,2-7H3/t21-,22+,23-,24+,25?,31?/m1/s1. The molecule has 3 heterocycles. The number of hydrogen-bond donors (Lipinski definition) is 1. The molecule has 39 heavy (non-hydrogen) atoms. The van der Waals surface area contributed by atoms with Gasteiger partial charge in [-0.3, -0.25) is 14.4 Å². The molecule has 1 aromatic carbocycles. The van der Waals surface area contributed by atoms with Gasteiger partial charge in [0.1, 0.15) is 11.6 Å². The molecule has 8 heteroatoms. The maximum Gasteiger partial charge on any atom is 0.312 e. The third-order valence-corrected chi connectivity index (χ3v) is 8.50. The van der Waals surface area contributed by atoms with Crippen LogP contribution in [0.15, 0.2) is 43.0 Å². The summed E-state index contributed by atoms with van der Waals surface area (Å²) in [5.74, 6) is -2.69. The second-order valence-electron chi connectivity index (χ2n) is 12.9. The first-order valence-electron chi connectivity index (χ1n) is 14.1. The number of esters is 1. The molecule has 3 saturated heterocycles. The van der Waals surface area contributed by atoms with Gasteiger partial charge in [-0.05, 0) is 51.0 Å². The fourth-order valence-corrected chi connectivity index (χ4v) is 7.55. The minimum absolute atomic E-state index is 0.0653. The summed E-state index contributed by atoms with van der Waals surface area (Å²) in [6.45, 7) is 16.2. The molecule has 8 nitrogen and oxygen atoms in total. The number of carbonyl (C=O) groups excluding carboxylic acids is 3. The SMILES string of the molecule is C=CCN(C(=O)C1N([C@H](CO)c2ccccc2)C(=O)[C@@H]2[C@H](C(=O)OCC)[C@@H]3CCC12O3)C(C)(C)CC(C)(C)C. The minimum atomic E-state index is -1.17. The Hall–Kier alpha value is -2.71. The first-order chi connectivity index (χ1) is 18.3. The summed E-state index contributed by atoms with van der Waals surface area (Å²) in [5, 5.41) is 10.6. The molecule has 0 aromatic heterocycles. The Morgan fingerprint density at radius 2 is 1.92 bits per heavy atom. The third kappa shape index (κ3) is 5.02. The lowest BCUT2D eigenvalue weighted by atomic mass is 9.70. The molecule has 1 spiro atoms. The second-order valence-corrected chi connectivity index (χ2v) is 12.9. The normalized spacial score (nSPS) is 28.8. The predicted molar refractivity (Wildman–Crippen MR) is 147 cm³/mol. The average Bonchev–Trinajstić information content (AvgIpc) is 3.50. The van der Waals surface area contributed by atoms with Crippen molar-refractivity contribution in [3.05, 3.63) is 48.6 Å². The van der Waals surface area contributed by atoms with Crippen LogP contribution < -0.4 is 0 Å². The zero-order valence-corrected chi connectivity index (χ0v) is 24.2. The largest absolute Gasteiger partial charge is 0.466 e. The number of aliphatic hydroxyl groups excluding tert-OH is 1. The van der Waals surface area contributed by atoms with Crippen molar-refractivity contribution in [2.24, 2.45) is 17.3 Å². The number of aliphatic hydroxyl groups is 1. The summed E-state index contributed by atoms with van der Waals surface area (Å²) in [5.41, 5.74) is -1.08. The Labute approximate surface area is 232 Å². The number of ether oxygens (including phenoxy) is 2. The highest BCUT2D eigenvalue weighted by molar-refractivity contribution is 5.98. The van der Waals surface area contributed by atoms with Crippen LogP contribution in [0.3, 0.4) is 0 Å². The molecule has 214 valence electrons. The fraction of sp³-hybridized carbons (Fsp3) is 0.645. The molecule has 3 aliphatic heterocycles. The van der Waals surface area contributed by atoms with E-state index in [0.717, 1.165) is 0 Å². The molecule has 3 aliphatic rings. The molecular weight excluding hydrogens is 496 g/mol. The number of likely N-dealkylation sites (tertiary alicyclic amines) is 1. The summed E-state index contributed by atoms with van der Waals surface area (Å²) in [6, 6.07) is 7.46. The van der Waals surface area contributed by atoms with Crippen molar-refractivity contribution in [2.75, 3.05) is 19.8 Å². The molecule has 6 atom stereocenters. The van der Waals surface area contributed by atoms with Crippen LogP contribution in [0.2, 0.25) is 0 Å². The smallest absolute Gasteiger partial charge is 0.312 e. The molecule has 4 rings (SSSR count). The highest BCUT2D eigenvalue weighted by Gasteiger charge is 2.76. The van der Waals surface area contributed by atoms with Crippen molar-refractivity contribution in [1.29, 1.82) is 0 Å². The van der Waals surface area contributed by atoms with Crippen molar-refractivity contribution in [2.45, 2.75) is 90.1 Å². The van der Waals surface area contributed by atoms with Gasteiger partial charge < -0.3 is 24.4 Å². The number of nitrogens with zero attached hydrogens (tertiary/aromatic N) is 2. The van der Waals surface area contributed by atoms with E-state index < -0.39 is 47.1 Å². The maximum absolute atomic E-state index is 14.8. The van der Waals surface area contributed by atoms with E-state index in [0.29, 0.717) is 31.4 Å². The minimum Gasteiger partial charge on any atom is -0.466 e. The van der Waals surface area contributed by atoms with Gasteiger partial charge in [0.25, 0.3) is 0 Å². The average molecular weight is 541 g/mol. The van der Waals surface area contributed by atoms with Gasteiger partial charge in [-0.25, -0.2) is 0 Å². The Kier molecular flexibility index (Phi) is 8.03. The van der Waals surface area contributed by atoms with E-state index in [-0.39, 0.29) is 30.4 Å². The molecule has 2 unspecified atom stereocenters. The maximum atomic E-state index is 14.8. The van der Waals surface area contributed by atoms with Crippen molar-refractivity contribution >= 4 is 17.8 Å². The van der Waals surface area contributed by atoms with Gasteiger partial charge in [-0.15, -0.1) is 6.58 Å². The molecule has 3 fully saturated rings. The van der Waals surface area contributed by atoms with Crippen LogP contribution in [0.4, 0.5) is 0 Å². The van der Waals surface area contributed by atoms with Crippen LogP contribution in [-0.2, 0) is 23.9 Å². The van der Waals surface area contributed by atoms with Crippen molar-refractivity contribution in [3.8, 4) is 0 Å². The lowest BCUT2D eigenvalue weighted by Crippen LogP contribution is -2.61. The van der Waals surface area contributed by atoms with Crippen LogP contribution in [0.25, 0.3) is 0 Å². The van der Waals surface area contributed by atoms with E-state index in [4.69, 9.17) is 9.47 Å². The van der Waals surface area contributed by atoms with Gasteiger partial charge >= 0.3 is 5.97 Å². The number of hydrogen-bond acceptors (Lipinski definition) is 6. The summed E-state index contributed by atoms with van der Waals surface area (Å²) < 4.78 is 11.9. The second kappa shape index (κ2) is 10.7. The van der Waals surface area contributed by atoms with Gasteiger partial charge in [0.15, 0.2) is 0 Å². The molecular formula is C31H44N2O6. The molecule has 0 aliphatic carbocycles. The van der Waals surface area contributed by atoms with Gasteiger partial charge in [0, 0.05) is 12.1 Å². The van der Waals surface area contributed by atoms with E-state index in [1.54, 1.807) is 17.9 Å². The van der Waals surface area contributed by atoms with Crippen LogP contribution >= 0.6 is 0 Å². The Bertz CT molecular complexity index is 1100. The highest BCUT2D eigenvalue weighted by atomic mass is 16.6. The molecule has 0 radical (unpaired) electrons. The predicted octanol–water partition coefficient (Wildman–Crippen LogP) is 3.89. The van der Waals surface area contributed by atoms with Crippen LogP contribution in [0.1, 0.15) is 72.4 Å². The molecule has 0 saturated carbocycles. The van der Waals surface area contributed by atoms with Crippen LogP contribution in [0.5, 0.6) is 0 Å². The number of rotatable bonds is 10. The first kappa shape index (κ1) is 29.3. The van der Waals surface area contributed by atoms with Gasteiger partial charge in [-0.1, -0.05) is 57.2 Å². The lowest BCUT2D eigenvalue weighted by molar-refractivity contribution is -0.158. The Balaban J connectivity index is 1.86. The van der Waals surface area contributed by atoms with Gasteiger partial charge in [0.2, 0.25) is 11.8 Å². The molecule has 2 bridgehead atoms. The van der Waals surface area contributed by atoms with Gasteiger partial charge in [0.05, 0.1) is 37.2 Å². The summed E-state index contributed by atoms with van der Waals surface area (Å²) in [7, 11) is 0. The van der Waals surface area contributed by atoms with Crippen molar-refractivity contribution in [3.63, 3.8) is 0 Å². The summed E-state index contributed by atoms with van der Waals surface area (Å²) in [4.78, 5) is 45.6. The quantitative estimate of drug-likeness (QED) is 0.357. The molecule has 1 aromatic rings. The van der Waals surface area contributed by atoms with Crippen LogP contribution in [0, 0.1) is 17.3 Å². The number of benzene rings is 1. The van der Waals surface area contributed by atoms with Crippen molar-refractivity contribution in [1.82, 2.24) is 9.80 Å². The third-order valence-electron chi connectivity index (χ3n) is 8.50. The fourth-order valence-electron chi connectivity index (χ4n) is 7.55. The highest BCUT2D eigenvalue weighted by Crippen LogP contribution is 2.60. The summed E-state index contributed by atoms with van der Waals surface area (Å²) >= 11 is 0. The first-order valence-corrected chi connectivity index (χ1v) is 14.1. The Morgan fingerprint density at radius 3 is 2.49 bits per heavy atom. The molecule has 1 N–H and O–H groups in total.